The number of aromatic carboxylic acids is 1. The van der Waals surface area contributed by atoms with Gasteiger partial charge in [-0.3, -0.25) is 0 Å². The van der Waals surface area contributed by atoms with Crippen LogP contribution in [0.1, 0.15) is 29.6 Å². The number of anilines is 1. The molecule has 96 valence electrons. The number of pyridine rings is 1. The molecule has 3 rings (SSSR count). The maximum absolute atomic E-state index is 11.1. The third kappa shape index (κ3) is 2.18. The van der Waals surface area contributed by atoms with E-state index in [9.17, 15) is 4.79 Å². The molecule has 2 unspecified atom stereocenters. The molecule has 1 aromatic heterocycles. The van der Waals surface area contributed by atoms with Gasteiger partial charge >= 0.3 is 5.97 Å². The Kier molecular flexibility index (Phi) is 2.91. The molecule has 1 aliphatic heterocycles. The van der Waals surface area contributed by atoms with E-state index in [0.717, 1.165) is 13.0 Å². The van der Waals surface area contributed by atoms with Gasteiger partial charge in [0.25, 0.3) is 0 Å². The van der Waals surface area contributed by atoms with Gasteiger partial charge in [-0.05, 0) is 37.3 Å². The second-order valence-electron chi connectivity index (χ2n) is 4.92. The molecule has 2 N–H and O–H groups in total. The molecule has 1 aliphatic carbocycles. The number of nitrogens with zero attached hydrogens (tertiary/aromatic N) is 1. The van der Waals surface area contributed by atoms with E-state index >= 15 is 0 Å². The van der Waals surface area contributed by atoms with Gasteiger partial charge in [0.05, 0.1) is 12.1 Å². The number of carbonyl (C=O) groups is 1. The lowest BCUT2D eigenvalue weighted by Crippen LogP contribution is -2.32. The Morgan fingerprint density at radius 3 is 3.00 bits per heavy atom. The van der Waals surface area contributed by atoms with Gasteiger partial charge in [-0.1, -0.05) is 0 Å². The predicted octanol–water partition coefficient (Wildman–Crippen LogP) is 1.76. The van der Waals surface area contributed by atoms with Crippen molar-refractivity contribution in [3.8, 4) is 0 Å². The van der Waals surface area contributed by atoms with Gasteiger partial charge in [-0.25, -0.2) is 9.78 Å². The van der Waals surface area contributed by atoms with Crippen molar-refractivity contribution in [1.29, 1.82) is 0 Å². The lowest BCUT2D eigenvalue weighted by molar-refractivity contribution is 0.0696. The van der Waals surface area contributed by atoms with Gasteiger partial charge in [0.2, 0.25) is 0 Å². The fraction of sp³-hybridized carbons (Fsp3) is 0.538. The Hall–Kier alpha value is -1.62. The third-order valence-corrected chi connectivity index (χ3v) is 3.58. The first-order chi connectivity index (χ1) is 8.75. The minimum atomic E-state index is -0.951. The van der Waals surface area contributed by atoms with Gasteiger partial charge in [0, 0.05) is 12.8 Å². The van der Waals surface area contributed by atoms with Crippen LogP contribution in [-0.2, 0) is 4.74 Å². The lowest BCUT2D eigenvalue weighted by Gasteiger charge is -2.20. The average Bonchev–Trinajstić information content (AvgIpc) is 3.11. The fourth-order valence-electron chi connectivity index (χ4n) is 2.52. The summed E-state index contributed by atoms with van der Waals surface area (Å²) in [6.45, 7) is 0.744. The van der Waals surface area contributed by atoms with E-state index in [1.807, 2.05) is 0 Å². The van der Waals surface area contributed by atoms with Crippen LogP contribution in [-0.4, -0.2) is 34.8 Å². The van der Waals surface area contributed by atoms with E-state index in [2.05, 4.69) is 10.3 Å². The molecular weight excluding hydrogens is 232 g/mol. The first-order valence-electron chi connectivity index (χ1n) is 6.32. The van der Waals surface area contributed by atoms with Crippen LogP contribution in [0.4, 0.5) is 5.82 Å². The largest absolute Gasteiger partial charge is 0.478 e. The molecule has 18 heavy (non-hydrogen) atoms. The summed E-state index contributed by atoms with van der Waals surface area (Å²) in [7, 11) is 0. The number of ether oxygens (including phenoxy) is 1. The molecule has 0 spiro atoms. The van der Waals surface area contributed by atoms with E-state index in [0.29, 0.717) is 11.7 Å². The molecule has 2 aliphatic rings. The number of carboxylic acids is 1. The molecule has 0 amide bonds. The molecule has 1 saturated heterocycles. The third-order valence-electron chi connectivity index (χ3n) is 3.58. The quantitative estimate of drug-likeness (QED) is 0.849. The Balaban J connectivity index is 1.77. The smallest absolute Gasteiger partial charge is 0.339 e. The summed E-state index contributed by atoms with van der Waals surface area (Å²) in [5.41, 5.74) is 0.221. The van der Waals surface area contributed by atoms with Gasteiger partial charge in [0.1, 0.15) is 11.4 Å². The van der Waals surface area contributed by atoms with Crippen LogP contribution in [0.5, 0.6) is 0 Å². The molecule has 2 heterocycles. The molecule has 2 fully saturated rings. The predicted molar refractivity (Wildman–Crippen MR) is 65.7 cm³/mol. The van der Waals surface area contributed by atoms with Crippen molar-refractivity contribution in [3.63, 3.8) is 0 Å². The summed E-state index contributed by atoms with van der Waals surface area (Å²) in [5.74, 6) is 0.139. The van der Waals surface area contributed by atoms with Crippen LogP contribution in [0.25, 0.3) is 0 Å². The van der Waals surface area contributed by atoms with Gasteiger partial charge in [0.15, 0.2) is 0 Å². The van der Waals surface area contributed by atoms with E-state index < -0.39 is 5.97 Å². The molecule has 0 aromatic carbocycles. The molecular formula is C13H16N2O3. The van der Waals surface area contributed by atoms with Crippen LogP contribution in [0.2, 0.25) is 0 Å². The summed E-state index contributed by atoms with van der Waals surface area (Å²) in [6.07, 6.45) is 5.18. The Morgan fingerprint density at radius 1 is 1.44 bits per heavy atom. The van der Waals surface area contributed by atoms with E-state index in [4.69, 9.17) is 9.84 Å². The highest BCUT2D eigenvalue weighted by Gasteiger charge is 2.40. The molecule has 0 radical (unpaired) electrons. The van der Waals surface area contributed by atoms with E-state index in [-0.39, 0.29) is 17.7 Å². The molecule has 5 nitrogen and oxygen atoms in total. The second-order valence-corrected chi connectivity index (χ2v) is 4.92. The lowest BCUT2D eigenvalue weighted by atomic mass is 10.1. The van der Waals surface area contributed by atoms with Gasteiger partial charge < -0.3 is 15.2 Å². The number of hydrogen-bond donors (Lipinski definition) is 2. The highest BCUT2D eigenvalue weighted by atomic mass is 16.5. The normalized spacial score (nSPS) is 27.1. The van der Waals surface area contributed by atoms with Crippen molar-refractivity contribution in [2.75, 3.05) is 11.9 Å². The van der Waals surface area contributed by atoms with Crippen molar-refractivity contribution >= 4 is 11.8 Å². The van der Waals surface area contributed by atoms with Gasteiger partial charge in [-0.2, -0.15) is 0 Å². The topological polar surface area (TPSA) is 71.5 Å². The van der Waals surface area contributed by atoms with E-state index in [1.165, 1.54) is 12.8 Å². The summed E-state index contributed by atoms with van der Waals surface area (Å²) >= 11 is 0. The highest BCUT2D eigenvalue weighted by Crippen LogP contribution is 2.39. The van der Waals surface area contributed by atoms with Crippen LogP contribution in [0.3, 0.4) is 0 Å². The monoisotopic (exact) mass is 248 g/mol. The molecule has 1 saturated carbocycles. The number of carboxylic acid groups (broad SMARTS) is 1. The average molecular weight is 248 g/mol. The zero-order valence-corrected chi connectivity index (χ0v) is 10.0. The Labute approximate surface area is 105 Å². The Bertz CT molecular complexity index is 459. The van der Waals surface area contributed by atoms with Crippen molar-refractivity contribution in [2.45, 2.75) is 31.4 Å². The maximum atomic E-state index is 11.1. The van der Waals surface area contributed by atoms with Crippen LogP contribution >= 0.6 is 0 Å². The Morgan fingerprint density at radius 2 is 2.28 bits per heavy atom. The summed E-state index contributed by atoms with van der Waals surface area (Å²) in [5, 5.41) is 12.4. The zero-order valence-electron chi connectivity index (χ0n) is 10.0. The van der Waals surface area contributed by atoms with Crippen molar-refractivity contribution in [3.05, 3.63) is 23.9 Å². The standard InChI is InChI=1S/C13H16N2O3/c16-13(17)9-2-1-6-14-12(9)15-10-5-7-18-11(10)8-3-4-8/h1-2,6,8,10-11H,3-5,7H2,(H,14,15)(H,16,17). The number of aromatic nitrogens is 1. The van der Waals surface area contributed by atoms with Crippen LogP contribution in [0, 0.1) is 5.92 Å². The van der Waals surface area contributed by atoms with Crippen LogP contribution < -0.4 is 5.32 Å². The number of nitrogens with one attached hydrogen (secondary N) is 1. The molecule has 5 heteroatoms. The molecule has 0 bridgehead atoms. The summed E-state index contributed by atoms with van der Waals surface area (Å²) in [6, 6.07) is 3.39. The fourth-order valence-corrected chi connectivity index (χ4v) is 2.52. The molecule has 1 aromatic rings. The van der Waals surface area contributed by atoms with E-state index in [1.54, 1.807) is 18.3 Å². The minimum Gasteiger partial charge on any atom is -0.478 e. The second kappa shape index (κ2) is 4.57. The highest BCUT2D eigenvalue weighted by molar-refractivity contribution is 5.93. The first-order valence-corrected chi connectivity index (χ1v) is 6.32. The van der Waals surface area contributed by atoms with Crippen molar-refractivity contribution in [2.24, 2.45) is 5.92 Å². The SMILES string of the molecule is O=C(O)c1cccnc1NC1CCOC1C1CC1. The molecule has 2 atom stereocenters. The van der Waals surface area contributed by atoms with Crippen LogP contribution in [0.15, 0.2) is 18.3 Å². The minimum absolute atomic E-state index is 0.186. The number of hydrogen-bond acceptors (Lipinski definition) is 4. The summed E-state index contributed by atoms with van der Waals surface area (Å²) < 4.78 is 5.72. The summed E-state index contributed by atoms with van der Waals surface area (Å²) in [4.78, 5) is 15.2. The maximum Gasteiger partial charge on any atom is 0.339 e. The first kappa shape index (κ1) is 11.5. The zero-order chi connectivity index (χ0) is 12.5. The van der Waals surface area contributed by atoms with Crippen molar-refractivity contribution in [1.82, 2.24) is 4.98 Å². The van der Waals surface area contributed by atoms with Gasteiger partial charge in [-0.15, -0.1) is 0 Å². The number of rotatable bonds is 4. The van der Waals surface area contributed by atoms with Crippen molar-refractivity contribution < 1.29 is 14.6 Å².